The number of urea groups is 1. The van der Waals surface area contributed by atoms with E-state index in [0.29, 0.717) is 16.5 Å². The van der Waals surface area contributed by atoms with E-state index in [4.69, 9.17) is 16.3 Å². The summed E-state index contributed by atoms with van der Waals surface area (Å²) in [6.45, 7) is -0.316. The van der Waals surface area contributed by atoms with Gasteiger partial charge >= 0.3 is 6.03 Å². The van der Waals surface area contributed by atoms with Crippen molar-refractivity contribution in [3.8, 4) is 5.75 Å². The van der Waals surface area contributed by atoms with Crippen molar-refractivity contribution in [3.63, 3.8) is 0 Å². The van der Waals surface area contributed by atoms with Crippen LogP contribution in [0.25, 0.3) is 0 Å². The standard InChI is InChI=1S/C15H12BrClN2O3/c16-10-6-7-13(12(17)8-10)22-9-14(20)19-15(21)18-11-4-2-1-3-5-11/h1-8H,9H2,(H2,18,19,20,21). The summed E-state index contributed by atoms with van der Waals surface area (Å²) in [7, 11) is 0. The third-order valence-corrected chi connectivity index (χ3v) is 3.33. The van der Waals surface area contributed by atoms with Gasteiger partial charge in [0.1, 0.15) is 5.75 Å². The smallest absolute Gasteiger partial charge is 0.325 e. The monoisotopic (exact) mass is 382 g/mol. The van der Waals surface area contributed by atoms with Gasteiger partial charge in [0.05, 0.1) is 5.02 Å². The van der Waals surface area contributed by atoms with Crippen LogP contribution in [0.5, 0.6) is 5.75 Å². The fraction of sp³-hybridized carbons (Fsp3) is 0.0667. The summed E-state index contributed by atoms with van der Waals surface area (Å²) in [6, 6.07) is 13.2. The van der Waals surface area contributed by atoms with Crippen LogP contribution in [0, 0.1) is 0 Å². The average molecular weight is 384 g/mol. The van der Waals surface area contributed by atoms with Gasteiger partial charge in [-0.1, -0.05) is 45.7 Å². The molecule has 0 aliphatic carbocycles. The van der Waals surface area contributed by atoms with Gasteiger partial charge in [0.15, 0.2) is 6.61 Å². The molecule has 0 aliphatic rings. The normalized spacial score (nSPS) is 9.91. The molecule has 114 valence electrons. The molecular formula is C15H12BrClN2O3. The van der Waals surface area contributed by atoms with Gasteiger partial charge < -0.3 is 10.1 Å². The van der Waals surface area contributed by atoms with Crippen molar-refractivity contribution in [1.82, 2.24) is 5.32 Å². The zero-order valence-corrected chi connectivity index (χ0v) is 13.6. The van der Waals surface area contributed by atoms with Crippen molar-refractivity contribution in [2.75, 3.05) is 11.9 Å². The van der Waals surface area contributed by atoms with E-state index >= 15 is 0 Å². The van der Waals surface area contributed by atoms with Crippen molar-refractivity contribution in [2.24, 2.45) is 0 Å². The number of carbonyl (C=O) groups is 2. The molecule has 0 bridgehead atoms. The van der Waals surface area contributed by atoms with Gasteiger partial charge in [-0.25, -0.2) is 4.79 Å². The number of carbonyl (C=O) groups excluding carboxylic acids is 2. The second-order valence-corrected chi connectivity index (χ2v) is 5.55. The van der Waals surface area contributed by atoms with Gasteiger partial charge in [-0.15, -0.1) is 0 Å². The van der Waals surface area contributed by atoms with Crippen LogP contribution < -0.4 is 15.4 Å². The number of amides is 3. The van der Waals surface area contributed by atoms with E-state index in [0.717, 1.165) is 4.47 Å². The number of anilines is 1. The summed E-state index contributed by atoms with van der Waals surface area (Å²) in [5.74, 6) is -0.212. The predicted octanol–water partition coefficient (Wildman–Crippen LogP) is 3.83. The molecule has 0 atom stereocenters. The van der Waals surface area contributed by atoms with Gasteiger partial charge in [0.2, 0.25) is 0 Å². The Morgan fingerprint density at radius 3 is 2.55 bits per heavy atom. The lowest BCUT2D eigenvalue weighted by Crippen LogP contribution is -2.37. The maximum atomic E-state index is 11.6. The van der Waals surface area contributed by atoms with Gasteiger partial charge in [-0.2, -0.15) is 0 Å². The maximum Gasteiger partial charge on any atom is 0.325 e. The van der Waals surface area contributed by atoms with Crippen molar-refractivity contribution < 1.29 is 14.3 Å². The predicted molar refractivity (Wildman–Crippen MR) is 88.3 cm³/mol. The minimum absolute atomic E-state index is 0.316. The molecule has 2 rings (SSSR count). The molecule has 0 spiro atoms. The minimum atomic E-state index is -0.623. The van der Waals surface area contributed by atoms with Crippen LogP contribution in [0.4, 0.5) is 10.5 Å². The molecule has 0 saturated carbocycles. The highest BCUT2D eigenvalue weighted by atomic mass is 79.9. The van der Waals surface area contributed by atoms with Gasteiger partial charge in [-0.05, 0) is 30.3 Å². The minimum Gasteiger partial charge on any atom is -0.482 e. The van der Waals surface area contributed by atoms with Gasteiger partial charge in [0.25, 0.3) is 5.91 Å². The lowest BCUT2D eigenvalue weighted by Gasteiger charge is -2.09. The molecule has 0 aromatic heterocycles. The van der Waals surface area contributed by atoms with Crippen LogP contribution in [-0.2, 0) is 4.79 Å². The first-order valence-electron chi connectivity index (χ1n) is 6.28. The zero-order chi connectivity index (χ0) is 15.9. The Labute approximate surface area is 140 Å². The van der Waals surface area contributed by atoms with E-state index in [2.05, 4.69) is 26.6 Å². The van der Waals surface area contributed by atoms with Crippen molar-refractivity contribution >= 4 is 45.2 Å². The molecule has 5 nitrogen and oxygen atoms in total. The van der Waals surface area contributed by atoms with E-state index < -0.39 is 11.9 Å². The molecule has 0 fully saturated rings. The Morgan fingerprint density at radius 1 is 1.14 bits per heavy atom. The summed E-state index contributed by atoms with van der Waals surface area (Å²) in [6.07, 6.45) is 0. The SMILES string of the molecule is O=C(COc1ccc(Br)cc1Cl)NC(=O)Nc1ccccc1. The Bertz CT molecular complexity index is 680. The van der Waals surface area contributed by atoms with Crippen LogP contribution in [0.2, 0.25) is 5.02 Å². The number of halogens is 2. The molecule has 22 heavy (non-hydrogen) atoms. The lowest BCUT2D eigenvalue weighted by molar-refractivity contribution is -0.121. The van der Waals surface area contributed by atoms with Crippen molar-refractivity contribution in [3.05, 3.63) is 58.0 Å². The second kappa shape index (κ2) is 7.82. The summed E-state index contributed by atoms with van der Waals surface area (Å²) in [5, 5.41) is 5.07. The number of nitrogens with one attached hydrogen (secondary N) is 2. The third-order valence-electron chi connectivity index (χ3n) is 2.54. The largest absolute Gasteiger partial charge is 0.482 e. The first-order chi connectivity index (χ1) is 10.5. The maximum absolute atomic E-state index is 11.6. The Kier molecular flexibility index (Phi) is 5.80. The molecule has 3 amide bonds. The quantitative estimate of drug-likeness (QED) is 0.843. The number of rotatable bonds is 4. The van der Waals surface area contributed by atoms with E-state index in [9.17, 15) is 9.59 Å². The molecular weight excluding hydrogens is 372 g/mol. The highest BCUT2D eigenvalue weighted by Crippen LogP contribution is 2.27. The summed E-state index contributed by atoms with van der Waals surface area (Å²) in [4.78, 5) is 23.3. The first-order valence-corrected chi connectivity index (χ1v) is 7.45. The molecule has 2 N–H and O–H groups in total. The van der Waals surface area contributed by atoms with Crippen LogP contribution in [0.3, 0.4) is 0 Å². The fourth-order valence-electron chi connectivity index (χ4n) is 1.58. The van der Waals surface area contributed by atoms with E-state index in [1.807, 2.05) is 6.07 Å². The number of imide groups is 1. The fourth-order valence-corrected chi connectivity index (χ4v) is 2.31. The van der Waals surface area contributed by atoms with Crippen LogP contribution in [-0.4, -0.2) is 18.5 Å². The Balaban J connectivity index is 1.81. The molecule has 0 heterocycles. The number of para-hydroxylation sites is 1. The number of ether oxygens (including phenoxy) is 1. The number of hydrogen-bond acceptors (Lipinski definition) is 3. The molecule has 0 saturated heterocycles. The summed E-state index contributed by atoms with van der Waals surface area (Å²) in [5.41, 5.74) is 0.588. The average Bonchev–Trinajstić information content (AvgIpc) is 2.47. The van der Waals surface area contributed by atoms with Crippen LogP contribution in [0.15, 0.2) is 53.0 Å². The van der Waals surface area contributed by atoms with E-state index in [1.54, 1.807) is 42.5 Å². The topological polar surface area (TPSA) is 67.4 Å². The second-order valence-electron chi connectivity index (χ2n) is 4.23. The summed E-state index contributed by atoms with van der Waals surface area (Å²) < 4.78 is 6.06. The first kappa shape index (κ1) is 16.3. The van der Waals surface area contributed by atoms with Crippen LogP contribution >= 0.6 is 27.5 Å². The lowest BCUT2D eigenvalue weighted by atomic mass is 10.3. The number of hydrogen-bond donors (Lipinski definition) is 2. The molecule has 2 aromatic rings. The van der Waals surface area contributed by atoms with Crippen molar-refractivity contribution in [1.29, 1.82) is 0 Å². The molecule has 0 aliphatic heterocycles. The zero-order valence-electron chi connectivity index (χ0n) is 11.3. The third kappa shape index (κ3) is 5.05. The van der Waals surface area contributed by atoms with Crippen LogP contribution in [0.1, 0.15) is 0 Å². The number of benzene rings is 2. The van der Waals surface area contributed by atoms with E-state index in [1.165, 1.54) is 0 Å². The van der Waals surface area contributed by atoms with E-state index in [-0.39, 0.29) is 6.61 Å². The highest BCUT2D eigenvalue weighted by Gasteiger charge is 2.10. The van der Waals surface area contributed by atoms with Crippen molar-refractivity contribution in [2.45, 2.75) is 0 Å². The van der Waals surface area contributed by atoms with Gasteiger partial charge in [-0.3, -0.25) is 10.1 Å². The Morgan fingerprint density at radius 2 is 1.86 bits per heavy atom. The Hall–Kier alpha value is -2.05. The molecule has 2 aromatic carbocycles. The molecule has 0 radical (unpaired) electrons. The highest BCUT2D eigenvalue weighted by molar-refractivity contribution is 9.10. The molecule has 0 unspecified atom stereocenters. The summed E-state index contributed by atoms with van der Waals surface area (Å²) >= 11 is 9.23. The molecule has 7 heteroatoms. The van der Waals surface area contributed by atoms with Gasteiger partial charge in [0, 0.05) is 10.2 Å².